The molecule has 1 heterocycles. The van der Waals surface area contributed by atoms with Crippen LogP contribution >= 0.6 is 11.6 Å². The second-order valence-electron chi connectivity index (χ2n) is 6.81. The van der Waals surface area contributed by atoms with Crippen molar-refractivity contribution in [2.45, 2.75) is 0 Å². The van der Waals surface area contributed by atoms with E-state index in [9.17, 15) is 19.7 Å². The number of piperazine rings is 1. The van der Waals surface area contributed by atoms with Crippen LogP contribution in [0.25, 0.3) is 6.08 Å². The van der Waals surface area contributed by atoms with Gasteiger partial charge in [-0.2, -0.15) is 0 Å². The molecule has 1 saturated heterocycles. The highest BCUT2D eigenvalue weighted by Crippen LogP contribution is 2.20. The lowest BCUT2D eigenvalue weighted by Crippen LogP contribution is -2.50. The van der Waals surface area contributed by atoms with Crippen LogP contribution in [0.1, 0.15) is 5.56 Å². The number of halogens is 1. The zero-order valence-corrected chi connectivity index (χ0v) is 16.9. The second kappa shape index (κ2) is 10.00. The molecule has 1 fully saturated rings. The number of nitrogens with one attached hydrogen (secondary N) is 1. The van der Waals surface area contributed by atoms with Gasteiger partial charge in [0.15, 0.2) is 0 Å². The van der Waals surface area contributed by atoms with E-state index in [4.69, 9.17) is 11.6 Å². The van der Waals surface area contributed by atoms with E-state index in [1.165, 1.54) is 18.2 Å². The average Bonchev–Trinajstić information content (AvgIpc) is 2.74. The monoisotopic (exact) mass is 428 g/mol. The van der Waals surface area contributed by atoms with Crippen molar-refractivity contribution in [2.75, 3.05) is 38.0 Å². The Balaban J connectivity index is 1.47. The fourth-order valence-corrected chi connectivity index (χ4v) is 3.28. The Morgan fingerprint density at radius 3 is 2.53 bits per heavy atom. The van der Waals surface area contributed by atoms with Crippen molar-refractivity contribution in [3.8, 4) is 0 Å². The summed E-state index contributed by atoms with van der Waals surface area (Å²) in [6.07, 6.45) is 2.98. The van der Waals surface area contributed by atoms with Crippen molar-refractivity contribution < 1.29 is 14.5 Å². The number of amides is 2. The van der Waals surface area contributed by atoms with Crippen molar-refractivity contribution in [3.05, 3.63) is 75.3 Å². The zero-order chi connectivity index (χ0) is 21.5. The van der Waals surface area contributed by atoms with Gasteiger partial charge in [0, 0.05) is 44.4 Å². The summed E-state index contributed by atoms with van der Waals surface area (Å²) in [7, 11) is 0. The smallest absolute Gasteiger partial charge is 0.270 e. The van der Waals surface area contributed by atoms with Gasteiger partial charge in [-0.1, -0.05) is 35.9 Å². The molecule has 2 aromatic rings. The van der Waals surface area contributed by atoms with Crippen LogP contribution in [0.3, 0.4) is 0 Å². The molecule has 1 aliphatic rings. The minimum atomic E-state index is -0.472. The predicted octanol–water partition coefficient (Wildman–Crippen LogP) is 3.04. The normalized spacial score (nSPS) is 14.6. The Hall–Kier alpha value is -3.23. The fourth-order valence-electron chi connectivity index (χ4n) is 3.10. The maximum Gasteiger partial charge on any atom is 0.270 e. The Kier molecular flexibility index (Phi) is 7.16. The first-order valence-corrected chi connectivity index (χ1v) is 9.78. The third-order valence-corrected chi connectivity index (χ3v) is 5.03. The molecule has 0 bridgehead atoms. The minimum absolute atomic E-state index is 0.0201. The van der Waals surface area contributed by atoms with Crippen molar-refractivity contribution in [3.63, 3.8) is 0 Å². The number of anilines is 1. The van der Waals surface area contributed by atoms with Crippen molar-refractivity contribution in [2.24, 2.45) is 0 Å². The number of nitrogens with zero attached hydrogens (tertiary/aromatic N) is 3. The molecule has 0 unspecified atom stereocenters. The predicted molar refractivity (Wildman–Crippen MR) is 115 cm³/mol. The topological polar surface area (TPSA) is 95.8 Å². The van der Waals surface area contributed by atoms with E-state index >= 15 is 0 Å². The SMILES string of the molecule is O=C(CN1CCN(C(=O)/C=C/c2cccc([N+](=O)[O-])c2)CC1)Nc1ccccc1Cl. The highest BCUT2D eigenvalue weighted by atomic mass is 35.5. The van der Waals surface area contributed by atoms with E-state index in [0.29, 0.717) is 42.5 Å². The fraction of sp³-hybridized carbons (Fsp3) is 0.238. The van der Waals surface area contributed by atoms with Crippen LogP contribution in [-0.4, -0.2) is 59.3 Å². The zero-order valence-electron chi connectivity index (χ0n) is 16.2. The number of nitro groups is 1. The first-order valence-electron chi connectivity index (χ1n) is 9.40. The Morgan fingerprint density at radius 2 is 1.83 bits per heavy atom. The van der Waals surface area contributed by atoms with Crippen LogP contribution in [-0.2, 0) is 9.59 Å². The summed E-state index contributed by atoms with van der Waals surface area (Å²) in [5.41, 5.74) is 1.14. The molecule has 1 N–H and O–H groups in total. The third kappa shape index (κ3) is 5.88. The van der Waals surface area contributed by atoms with Gasteiger partial charge in [0.1, 0.15) is 0 Å². The number of hydrogen-bond donors (Lipinski definition) is 1. The van der Waals surface area contributed by atoms with Gasteiger partial charge >= 0.3 is 0 Å². The largest absolute Gasteiger partial charge is 0.337 e. The van der Waals surface area contributed by atoms with Crippen LogP contribution in [0.4, 0.5) is 11.4 Å². The number of nitro benzene ring substituents is 1. The summed E-state index contributed by atoms with van der Waals surface area (Å²) in [6.45, 7) is 2.37. The minimum Gasteiger partial charge on any atom is -0.337 e. The molecule has 1 aliphatic heterocycles. The number of carbonyl (C=O) groups excluding carboxylic acids is 2. The number of benzene rings is 2. The molecule has 0 aromatic heterocycles. The molecule has 0 aliphatic carbocycles. The lowest BCUT2D eigenvalue weighted by molar-refractivity contribution is -0.384. The molecule has 2 amide bonds. The molecule has 156 valence electrons. The van der Waals surface area contributed by atoms with Crippen LogP contribution in [0.5, 0.6) is 0 Å². The maximum absolute atomic E-state index is 12.4. The Morgan fingerprint density at radius 1 is 1.10 bits per heavy atom. The summed E-state index contributed by atoms with van der Waals surface area (Å²) in [5.74, 6) is -0.324. The maximum atomic E-state index is 12.4. The van der Waals surface area contributed by atoms with Gasteiger partial charge in [-0.05, 0) is 23.8 Å². The van der Waals surface area contributed by atoms with Gasteiger partial charge in [0.2, 0.25) is 11.8 Å². The average molecular weight is 429 g/mol. The number of rotatable bonds is 6. The highest BCUT2D eigenvalue weighted by molar-refractivity contribution is 6.33. The summed E-state index contributed by atoms with van der Waals surface area (Å²) < 4.78 is 0. The van der Waals surface area contributed by atoms with Crippen LogP contribution in [0.15, 0.2) is 54.6 Å². The van der Waals surface area contributed by atoms with Crippen LogP contribution in [0, 0.1) is 10.1 Å². The number of hydrogen-bond acceptors (Lipinski definition) is 5. The lowest BCUT2D eigenvalue weighted by atomic mass is 10.2. The molecule has 8 nitrogen and oxygen atoms in total. The van der Waals surface area contributed by atoms with E-state index in [1.807, 2.05) is 4.90 Å². The lowest BCUT2D eigenvalue weighted by Gasteiger charge is -2.33. The number of para-hydroxylation sites is 1. The molecule has 30 heavy (non-hydrogen) atoms. The molecule has 2 aromatic carbocycles. The summed E-state index contributed by atoms with van der Waals surface area (Å²) in [4.78, 5) is 38.6. The van der Waals surface area contributed by atoms with Gasteiger partial charge < -0.3 is 10.2 Å². The Bertz CT molecular complexity index is 971. The van der Waals surface area contributed by atoms with Crippen LogP contribution < -0.4 is 5.32 Å². The van der Waals surface area contributed by atoms with E-state index in [-0.39, 0.29) is 24.0 Å². The molecular formula is C21H21ClN4O4. The summed E-state index contributed by atoms with van der Waals surface area (Å²) in [6, 6.07) is 13.1. The molecule has 0 saturated carbocycles. The van der Waals surface area contributed by atoms with Crippen molar-refractivity contribution in [1.29, 1.82) is 0 Å². The summed E-state index contributed by atoms with van der Waals surface area (Å²) in [5, 5.41) is 14.1. The molecule has 3 rings (SSSR count). The van der Waals surface area contributed by atoms with Crippen molar-refractivity contribution >= 4 is 40.9 Å². The first-order chi connectivity index (χ1) is 14.4. The van der Waals surface area contributed by atoms with Gasteiger partial charge in [-0.15, -0.1) is 0 Å². The van der Waals surface area contributed by atoms with E-state index < -0.39 is 4.92 Å². The number of non-ortho nitro benzene ring substituents is 1. The van der Waals surface area contributed by atoms with Gasteiger partial charge in [0.25, 0.3) is 5.69 Å². The van der Waals surface area contributed by atoms with Crippen LogP contribution in [0.2, 0.25) is 5.02 Å². The van der Waals surface area contributed by atoms with Gasteiger partial charge in [-0.3, -0.25) is 24.6 Å². The quantitative estimate of drug-likeness (QED) is 0.433. The standard InChI is InChI=1S/C21H21ClN4O4/c22-18-6-1-2-7-19(18)23-20(27)15-24-10-12-25(13-11-24)21(28)9-8-16-4-3-5-17(14-16)26(29)30/h1-9,14H,10-13,15H2,(H,23,27)/b9-8+. The number of carbonyl (C=O) groups is 2. The second-order valence-corrected chi connectivity index (χ2v) is 7.22. The van der Waals surface area contributed by atoms with Crippen molar-refractivity contribution in [1.82, 2.24) is 9.80 Å². The first kappa shape index (κ1) is 21.5. The van der Waals surface area contributed by atoms with Gasteiger partial charge in [0.05, 0.1) is 22.2 Å². The van der Waals surface area contributed by atoms with Gasteiger partial charge in [-0.25, -0.2) is 0 Å². The molecule has 0 atom stereocenters. The summed E-state index contributed by atoms with van der Waals surface area (Å²) >= 11 is 6.05. The molecule has 9 heteroatoms. The highest BCUT2D eigenvalue weighted by Gasteiger charge is 2.21. The molecular weight excluding hydrogens is 408 g/mol. The van der Waals surface area contributed by atoms with E-state index in [2.05, 4.69) is 5.32 Å². The molecule has 0 radical (unpaired) electrons. The third-order valence-electron chi connectivity index (χ3n) is 4.70. The van der Waals surface area contributed by atoms with E-state index in [1.54, 1.807) is 47.4 Å². The molecule has 0 spiro atoms. The van der Waals surface area contributed by atoms with E-state index in [0.717, 1.165) is 0 Å². The Labute approximate surface area is 178 Å².